The minimum atomic E-state index is -4.13. The number of carboxylic acids is 1. The standard InChI is InChI=1S/C11H11F2NO4S/c12-8-4-3-7(6-9(8)13)19(17,18)14-5-1-2-10(14)11(15)16/h3-4,6,10H,1-2,5H2,(H,15,16)/t10-/m0/s1. The summed E-state index contributed by atoms with van der Waals surface area (Å²) < 4.78 is 51.0. The molecule has 1 aliphatic heterocycles. The molecule has 0 radical (unpaired) electrons. The summed E-state index contributed by atoms with van der Waals surface area (Å²) in [6.07, 6.45) is 0.623. The molecule has 1 aromatic rings. The van der Waals surface area contributed by atoms with Crippen molar-refractivity contribution in [2.45, 2.75) is 23.8 Å². The van der Waals surface area contributed by atoms with Gasteiger partial charge >= 0.3 is 5.97 Å². The van der Waals surface area contributed by atoms with Crippen molar-refractivity contribution in [1.82, 2.24) is 4.31 Å². The van der Waals surface area contributed by atoms with Crippen LogP contribution in [0.3, 0.4) is 0 Å². The van der Waals surface area contributed by atoms with Gasteiger partial charge in [-0.2, -0.15) is 4.31 Å². The maximum absolute atomic E-state index is 13.1. The maximum atomic E-state index is 13.1. The van der Waals surface area contributed by atoms with Crippen molar-refractivity contribution in [3.05, 3.63) is 29.8 Å². The van der Waals surface area contributed by atoms with Gasteiger partial charge in [-0.25, -0.2) is 17.2 Å². The summed E-state index contributed by atoms with van der Waals surface area (Å²) in [6.45, 7) is 0.0539. The fourth-order valence-corrected chi connectivity index (χ4v) is 3.71. The number of nitrogens with zero attached hydrogens (tertiary/aromatic N) is 1. The van der Waals surface area contributed by atoms with Crippen LogP contribution in [0.15, 0.2) is 23.1 Å². The molecule has 0 aliphatic carbocycles. The fraction of sp³-hybridized carbons (Fsp3) is 0.364. The minimum absolute atomic E-state index is 0.0539. The molecule has 1 saturated heterocycles. The van der Waals surface area contributed by atoms with Crippen molar-refractivity contribution in [3.8, 4) is 0 Å². The zero-order chi connectivity index (χ0) is 14.2. The van der Waals surface area contributed by atoms with Crippen LogP contribution in [0.5, 0.6) is 0 Å². The van der Waals surface area contributed by atoms with Gasteiger partial charge in [0.2, 0.25) is 10.0 Å². The first-order valence-corrected chi connectivity index (χ1v) is 6.98. The van der Waals surface area contributed by atoms with E-state index in [9.17, 15) is 22.0 Å². The van der Waals surface area contributed by atoms with E-state index in [0.29, 0.717) is 18.6 Å². The van der Waals surface area contributed by atoms with Crippen LogP contribution in [0.2, 0.25) is 0 Å². The van der Waals surface area contributed by atoms with E-state index in [4.69, 9.17) is 5.11 Å². The molecule has 1 fully saturated rings. The van der Waals surface area contributed by atoms with Crippen LogP contribution in [0.1, 0.15) is 12.8 Å². The lowest BCUT2D eigenvalue weighted by Crippen LogP contribution is -2.40. The third-order valence-corrected chi connectivity index (χ3v) is 4.89. The van der Waals surface area contributed by atoms with Gasteiger partial charge in [-0.05, 0) is 31.0 Å². The number of halogens is 2. The predicted octanol–water partition coefficient (Wildman–Crippen LogP) is 1.20. The first-order chi connectivity index (χ1) is 8.84. The van der Waals surface area contributed by atoms with Gasteiger partial charge < -0.3 is 5.11 Å². The summed E-state index contributed by atoms with van der Waals surface area (Å²) in [7, 11) is -4.13. The summed E-state index contributed by atoms with van der Waals surface area (Å²) in [5, 5.41) is 8.95. The molecule has 1 aromatic carbocycles. The lowest BCUT2D eigenvalue weighted by molar-refractivity contribution is -0.140. The van der Waals surface area contributed by atoms with E-state index in [1.54, 1.807) is 0 Å². The zero-order valence-electron chi connectivity index (χ0n) is 9.71. The van der Waals surface area contributed by atoms with Crippen LogP contribution in [0.4, 0.5) is 8.78 Å². The topological polar surface area (TPSA) is 74.7 Å². The first kappa shape index (κ1) is 13.9. The molecule has 0 amide bonds. The molecular formula is C11H11F2NO4S. The molecule has 1 heterocycles. The number of hydrogen-bond donors (Lipinski definition) is 1. The van der Waals surface area contributed by atoms with Crippen LogP contribution in [0, 0.1) is 11.6 Å². The van der Waals surface area contributed by atoms with E-state index in [1.807, 2.05) is 0 Å². The highest BCUT2D eigenvalue weighted by atomic mass is 32.2. The number of carboxylic acid groups (broad SMARTS) is 1. The van der Waals surface area contributed by atoms with Crippen molar-refractivity contribution in [2.24, 2.45) is 0 Å². The average molecular weight is 291 g/mol. The molecule has 5 nitrogen and oxygen atoms in total. The largest absolute Gasteiger partial charge is 0.480 e. The predicted molar refractivity (Wildman–Crippen MR) is 60.9 cm³/mol. The molecule has 8 heteroatoms. The van der Waals surface area contributed by atoms with Crippen LogP contribution < -0.4 is 0 Å². The van der Waals surface area contributed by atoms with Crippen molar-refractivity contribution < 1.29 is 27.1 Å². The van der Waals surface area contributed by atoms with Crippen LogP contribution in [0.25, 0.3) is 0 Å². The normalized spacial score (nSPS) is 20.6. The SMILES string of the molecule is O=C(O)[C@@H]1CCCN1S(=O)(=O)c1ccc(F)c(F)c1. The Hall–Kier alpha value is -1.54. The molecule has 0 bridgehead atoms. The smallest absolute Gasteiger partial charge is 0.322 e. The summed E-state index contributed by atoms with van der Waals surface area (Å²) in [4.78, 5) is 10.5. The fourth-order valence-electron chi connectivity index (χ4n) is 2.05. The number of benzene rings is 1. The molecular weight excluding hydrogens is 280 g/mol. The van der Waals surface area contributed by atoms with Crippen molar-refractivity contribution in [2.75, 3.05) is 6.54 Å². The maximum Gasteiger partial charge on any atom is 0.322 e. The molecule has 0 aromatic heterocycles. The highest BCUT2D eigenvalue weighted by Crippen LogP contribution is 2.26. The number of carbonyl (C=O) groups is 1. The quantitative estimate of drug-likeness (QED) is 0.908. The van der Waals surface area contributed by atoms with Crippen molar-refractivity contribution in [3.63, 3.8) is 0 Å². The summed E-state index contributed by atoms with van der Waals surface area (Å²) >= 11 is 0. The Balaban J connectivity index is 2.42. The molecule has 19 heavy (non-hydrogen) atoms. The summed E-state index contributed by atoms with van der Waals surface area (Å²) in [5.74, 6) is -3.69. The molecule has 0 saturated carbocycles. The third-order valence-electron chi connectivity index (χ3n) is 2.99. The van der Waals surface area contributed by atoms with E-state index >= 15 is 0 Å². The molecule has 0 unspecified atom stereocenters. The Labute approximate surface area is 108 Å². The van der Waals surface area contributed by atoms with Crippen LogP contribution in [-0.4, -0.2) is 36.4 Å². The lowest BCUT2D eigenvalue weighted by atomic mass is 10.2. The monoisotopic (exact) mass is 291 g/mol. The van der Waals surface area contributed by atoms with Crippen LogP contribution in [-0.2, 0) is 14.8 Å². The Morgan fingerprint density at radius 3 is 2.58 bits per heavy atom. The van der Waals surface area contributed by atoms with Gasteiger partial charge in [0.05, 0.1) is 4.90 Å². The average Bonchev–Trinajstić information content (AvgIpc) is 2.82. The number of rotatable bonds is 3. The van der Waals surface area contributed by atoms with E-state index < -0.39 is 38.6 Å². The Morgan fingerprint density at radius 2 is 2.00 bits per heavy atom. The lowest BCUT2D eigenvalue weighted by Gasteiger charge is -2.20. The number of sulfonamides is 1. The van der Waals surface area contributed by atoms with Gasteiger partial charge in [-0.1, -0.05) is 0 Å². The van der Waals surface area contributed by atoms with E-state index in [0.717, 1.165) is 10.4 Å². The highest BCUT2D eigenvalue weighted by molar-refractivity contribution is 7.89. The van der Waals surface area contributed by atoms with Crippen molar-refractivity contribution in [1.29, 1.82) is 0 Å². The molecule has 0 spiro atoms. The van der Waals surface area contributed by atoms with E-state index in [1.165, 1.54) is 0 Å². The third kappa shape index (κ3) is 2.45. The zero-order valence-corrected chi connectivity index (χ0v) is 10.5. The number of aliphatic carboxylic acids is 1. The Kier molecular flexibility index (Phi) is 3.55. The Bertz CT molecular complexity index is 617. The molecule has 1 N–H and O–H groups in total. The second-order valence-corrected chi connectivity index (χ2v) is 6.08. The van der Waals surface area contributed by atoms with Crippen molar-refractivity contribution >= 4 is 16.0 Å². The second kappa shape index (κ2) is 4.86. The molecule has 104 valence electrons. The summed E-state index contributed by atoms with van der Waals surface area (Å²) in [6, 6.07) is 1.03. The van der Waals surface area contributed by atoms with Gasteiger partial charge in [0.25, 0.3) is 0 Å². The molecule has 1 aliphatic rings. The summed E-state index contributed by atoms with van der Waals surface area (Å²) in [5.41, 5.74) is 0. The molecule has 2 rings (SSSR count). The first-order valence-electron chi connectivity index (χ1n) is 5.54. The van der Waals surface area contributed by atoms with E-state index in [-0.39, 0.29) is 13.0 Å². The molecule has 1 atom stereocenters. The van der Waals surface area contributed by atoms with E-state index in [2.05, 4.69) is 0 Å². The van der Waals surface area contributed by atoms with Crippen LogP contribution >= 0.6 is 0 Å². The van der Waals surface area contributed by atoms with Gasteiger partial charge in [-0.3, -0.25) is 4.79 Å². The second-order valence-electron chi connectivity index (χ2n) is 4.19. The van der Waals surface area contributed by atoms with Gasteiger partial charge in [0, 0.05) is 6.54 Å². The van der Waals surface area contributed by atoms with Gasteiger partial charge in [0.15, 0.2) is 11.6 Å². The van der Waals surface area contributed by atoms with Gasteiger partial charge in [0.1, 0.15) is 6.04 Å². The number of hydrogen-bond acceptors (Lipinski definition) is 3. The minimum Gasteiger partial charge on any atom is -0.480 e. The van der Waals surface area contributed by atoms with Gasteiger partial charge in [-0.15, -0.1) is 0 Å². The Morgan fingerprint density at radius 1 is 1.32 bits per heavy atom. The highest BCUT2D eigenvalue weighted by Gasteiger charge is 2.39.